The first kappa shape index (κ1) is 20.8. The van der Waals surface area contributed by atoms with Gasteiger partial charge in [0.2, 0.25) is 15.9 Å². The van der Waals surface area contributed by atoms with Gasteiger partial charge < -0.3 is 5.32 Å². The number of sulfonamides is 1. The van der Waals surface area contributed by atoms with Crippen LogP contribution in [0.2, 0.25) is 0 Å². The lowest BCUT2D eigenvalue weighted by Gasteiger charge is -2.36. The molecule has 6 nitrogen and oxygen atoms in total. The van der Waals surface area contributed by atoms with Crippen molar-refractivity contribution in [2.45, 2.75) is 56.9 Å². The third-order valence-corrected chi connectivity index (χ3v) is 8.44. The summed E-state index contributed by atoms with van der Waals surface area (Å²) in [6.07, 6.45) is 4.40. The second-order valence-electron chi connectivity index (χ2n) is 8.17. The Morgan fingerprint density at radius 1 is 1.14 bits per heavy atom. The van der Waals surface area contributed by atoms with Crippen molar-refractivity contribution >= 4 is 15.9 Å². The fraction of sp³-hybridized carbons (Fsp3) is 0.619. The Balaban J connectivity index is 1.61. The van der Waals surface area contributed by atoms with Crippen molar-refractivity contribution < 1.29 is 13.2 Å². The highest BCUT2D eigenvalue weighted by Crippen LogP contribution is 2.31. The Labute approximate surface area is 168 Å². The fourth-order valence-corrected chi connectivity index (χ4v) is 5.98. The number of rotatable bonds is 4. The number of nitrogens with one attached hydrogen (secondary N) is 1. The maximum Gasteiger partial charge on any atom is 0.244 e. The molecule has 1 N–H and O–H groups in total. The number of hydrogen-bond acceptors (Lipinski definition) is 4. The molecule has 3 rings (SSSR count). The van der Waals surface area contributed by atoms with Gasteiger partial charge in [-0.05, 0) is 43.2 Å². The summed E-state index contributed by atoms with van der Waals surface area (Å²) in [7, 11) is -3.72. The minimum absolute atomic E-state index is 0.0467. The molecule has 1 amide bonds. The molecule has 1 aliphatic carbocycles. The first-order valence-electron chi connectivity index (χ1n) is 10.1. The van der Waals surface area contributed by atoms with Crippen LogP contribution in [0.3, 0.4) is 0 Å². The molecule has 3 atom stereocenters. The van der Waals surface area contributed by atoms with E-state index in [4.69, 9.17) is 0 Å². The van der Waals surface area contributed by atoms with E-state index in [1.54, 1.807) is 12.1 Å². The highest BCUT2D eigenvalue weighted by Gasteiger charge is 2.35. The summed E-state index contributed by atoms with van der Waals surface area (Å²) in [5, 5.41) is 12.4. The number of nitriles is 1. The third-order valence-electron chi connectivity index (χ3n) is 6.48. The Morgan fingerprint density at radius 3 is 2.50 bits per heavy atom. The number of benzene rings is 1. The smallest absolute Gasteiger partial charge is 0.244 e. The van der Waals surface area contributed by atoms with E-state index < -0.39 is 10.0 Å². The molecule has 1 aromatic carbocycles. The molecule has 1 aromatic rings. The highest BCUT2D eigenvalue weighted by molar-refractivity contribution is 7.89. The summed E-state index contributed by atoms with van der Waals surface area (Å²) in [4.78, 5) is 12.8. The molecule has 0 spiro atoms. The van der Waals surface area contributed by atoms with E-state index in [9.17, 15) is 18.5 Å². The standard InChI is InChI=1S/C21H29N3O3S/c1-15-6-5-8-19(16(15)2)23-21(25)17-10-12-24(13-11-17)28(26,27)20-9-4-3-7-18(20)14-22/h3-4,7,9,15-17,19H,5-6,8,10-13H2,1-2H3,(H,23,25)/t15-,16+,19+/m1/s1. The van der Waals surface area contributed by atoms with Gasteiger partial charge in [-0.1, -0.05) is 38.8 Å². The Kier molecular flexibility index (Phi) is 6.41. The molecule has 1 saturated heterocycles. The van der Waals surface area contributed by atoms with Crippen molar-refractivity contribution in [2.75, 3.05) is 13.1 Å². The summed E-state index contributed by atoms with van der Waals surface area (Å²) in [5.41, 5.74) is 0.155. The number of hydrogen-bond donors (Lipinski definition) is 1. The summed E-state index contributed by atoms with van der Waals surface area (Å²) < 4.78 is 27.2. The zero-order valence-electron chi connectivity index (χ0n) is 16.6. The van der Waals surface area contributed by atoms with Crippen LogP contribution in [0.4, 0.5) is 0 Å². The number of carbonyl (C=O) groups excluding carboxylic acids is 1. The third kappa shape index (κ3) is 4.23. The van der Waals surface area contributed by atoms with Crippen molar-refractivity contribution in [1.82, 2.24) is 9.62 Å². The lowest BCUT2D eigenvalue weighted by molar-refractivity contribution is -0.127. The van der Waals surface area contributed by atoms with E-state index in [1.165, 1.54) is 22.9 Å². The number of carbonyl (C=O) groups is 1. The van der Waals surface area contributed by atoms with Crippen LogP contribution in [0.5, 0.6) is 0 Å². The van der Waals surface area contributed by atoms with Crippen LogP contribution in [0.1, 0.15) is 51.5 Å². The monoisotopic (exact) mass is 403 g/mol. The lowest BCUT2D eigenvalue weighted by Crippen LogP contribution is -2.48. The van der Waals surface area contributed by atoms with E-state index in [0.717, 1.165) is 12.8 Å². The minimum Gasteiger partial charge on any atom is -0.353 e. The molecule has 7 heteroatoms. The molecule has 1 aliphatic heterocycles. The maximum absolute atomic E-state index is 12.9. The number of piperidine rings is 1. The van der Waals surface area contributed by atoms with Gasteiger partial charge in [0, 0.05) is 25.0 Å². The van der Waals surface area contributed by atoms with E-state index in [-0.39, 0.29) is 28.3 Å². The first-order valence-corrected chi connectivity index (χ1v) is 11.6. The highest BCUT2D eigenvalue weighted by atomic mass is 32.2. The first-order chi connectivity index (χ1) is 13.3. The van der Waals surface area contributed by atoms with Crippen LogP contribution in [-0.4, -0.2) is 37.8 Å². The van der Waals surface area contributed by atoms with Gasteiger partial charge in [0.25, 0.3) is 0 Å². The molecule has 0 radical (unpaired) electrons. The average molecular weight is 404 g/mol. The summed E-state index contributed by atoms with van der Waals surface area (Å²) in [5.74, 6) is 0.995. The lowest BCUT2D eigenvalue weighted by atomic mass is 9.78. The SMILES string of the molecule is C[C@H]1[C@H](C)CCC[C@@H]1NC(=O)C1CCN(S(=O)(=O)c2ccccc2C#N)CC1. The molecule has 1 heterocycles. The number of nitrogens with zero attached hydrogens (tertiary/aromatic N) is 2. The Hall–Kier alpha value is -1.91. The zero-order valence-corrected chi connectivity index (χ0v) is 17.4. The normalized spacial score (nSPS) is 27.1. The van der Waals surface area contributed by atoms with Gasteiger partial charge in [0.1, 0.15) is 6.07 Å². The van der Waals surface area contributed by atoms with Crippen molar-refractivity contribution in [2.24, 2.45) is 17.8 Å². The van der Waals surface area contributed by atoms with Gasteiger partial charge in [0.05, 0.1) is 10.5 Å². The van der Waals surface area contributed by atoms with E-state index in [2.05, 4.69) is 19.2 Å². The number of amides is 1. The van der Waals surface area contributed by atoms with Crippen LogP contribution in [-0.2, 0) is 14.8 Å². The van der Waals surface area contributed by atoms with E-state index >= 15 is 0 Å². The maximum atomic E-state index is 12.9. The molecule has 2 fully saturated rings. The average Bonchev–Trinajstić information content (AvgIpc) is 2.71. The van der Waals surface area contributed by atoms with Crippen molar-refractivity contribution in [3.63, 3.8) is 0 Å². The predicted molar refractivity (Wildman–Crippen MR) is 107 cm³/mol. The quantitative estimate of drug-likeness (QED) is 0.837. The molecular weight excluding hydrogens is 374 g/mol. The molecule has 0 aromatic heterocycles. The van der Waals surface area contributed by atoms with Crippen LogP contribution in [0.15, 0.2) is 29.2 Å². The molecule has 2 aliphatic rings. The molecule has 0 unspecified atom stereocenters. The summed E-state index contributed by atoms with van der Waals surface area (Å²) in [6, 6.07) is 8.44. The fourth-order valence-electron chi connectivity index (χ4n) is 4.37. The molecule has 152 valence electrons. The Morgan fingerprint density at radius 2 is 1.82 bits per heavy atom. The predicted octanol–water partition coefficient (Wildman–Crippen LogP) is 2.90. The second kappa shape index (κ2) is 8.62. The zero-order chi connectivity index (χ0) is 20.3. The molecule has 1 saturated carbocycles. The molecular formula is C21H29N3O3S. The van der Waals surface area contributed by atoms with Crippen LogP contribution in [0.25, 0.3) is 0 Å². The van der Waals surface area contributed by atoms with Gasteiger partial charge in [-0.15, -0.1) is 0 Å². The van der Waals surface area contributed by atoms with Crippen molar-refractivity contribution in [3.05, 3.63) is 29.8 Å². The summed E-state index contributed by atoms with van der Waals surface area (Å²) in [6.45, 7) is 5.05. The molecule has 28 heavy (non-hydrogen) atoms. The largest absolute Gasteiger partial charge is 0.353 e. The van der Waals surface area contributed by atoms with Crippen molar-refractivity contribution in [1.29, 1.82) is 5.26 Å². The van der Waals surface area contributed by atoms with Gasteiger partial charge >= 0.3 is 0 Å². The topological polar surface area (TPSA) is 90.3 Å². The van der Waals surface area contributed by atoms with Gasteiger partial charge in [-0.3, -0.25) is 4.79 Å². The Bertz CT molecular complexity index is 854. The molecule has 0 bridgehead atoms. The van der Waals surface area contributed by atoms with Crippen LogP contribution in [0, 0.1) is 29.1 Å². The van der Waals surface area contributed by atoms with E-state index in [0.29, 0.717) is 37.8 Å². The van der Waals surface area contributed by atoms with Crippen LogP contribution < -0.4 is 5.32 Å². The summed E-state index contributed by atoms with van der Waals surface area (Å²) >= 11 is 0. The minimum atomic E-state index is -3.72. The second-order valence-corrected chi connectivity index (χ2v) is 10.1. The van der Waals surface area contributed by atoms with Gasteiger partial charge in [-0.2, -0.15) is 9.57 Å². The van der Waals surface area contributed by atoms with Gasteiger partial charge in [-0.25, -0.2) is 8.42 Å². The van der Waals surface area contributed by atoms with Crippen molar-refractivity contribution in [3.8, 4) is 6.07 Å². The van der Waals surface area contributed by atoms with E-state index in [1.807, 2.05) is 6.07 Å². The van der Waals surface area contributed by atoms with Crippen LogP contribution >= 0.6 is 0 Å². The van der Waals surface area contributed by atoms with Gasteiger partial charge in [0.15, 0.2) is 0 Å².